The summed E-state index contributed by atoms with van der Waals surface area (Å²) in [4.78, 5) is 55.7. The van der Waals surface area contributed by atoms with Crippen molar-refractivity contribution in [2.45, 2.75) is 53.3 Å². The van der Waals surface area contributed by atoms with E-state index in [4.69, 9.17) is 19.5 Å². The number of nitrogen functional groups attached to an aromatic ring is 1. The van der Waals surface area contributed by atoms with Crippen LogP contribution in [0.15, 0.2) is 28.6 Å². The van der Waals surface area contributed by atoms with E-state index in [0.29, 0.717) is 0 Å². The van der Waals surface area contributed by atoms with Gasteiger partial charge in [-0.2, -0.15) is 4.98 Å². The quantitative estimate of drug-likeness (QED) is 0.108. The summed E-state index contributed by atoms with van der Waals surface area (Å²) < 4.78 is 32.3. The Bertz CT molecular complexity index is 1840. The Kier molecular flexibility index (Phi) is 5.95. The number of rotatable bonds is 7. The molecule has 4 aromatic rings. The average Bonchev–Trinajstić information content (AvgIpc) is 3.48. The lowest BCUT2D eigenvalue weighted by atomic mass is 10.1. The van der Waals surface area contributed by atoms with E-state index in [-0.39, 0.29) is 41.3 Å². The Morgan fingerprint density at radius 2 is 1.90 bits per heavy atom. The van der Waals surface area contributed by atoms with Crippen LogP contribution in [0.2, 0.25) is 0 Å². The molecule has 1 aliphatic carbocycles. The van der Waals surface area contributed by atoms with Gasteiger partial charge in [-0.1, -0.05) is 0 Å². The van der Waals surface area contributed by atoms with Crippen LogP contribution in [0.5, 0.6) is 0 Å². The van der Waals surface area contributed by atoms with Crippen LogP contribution >= 0.6 is 19.6 Å². The number of nitrogens with two attached hydrogens (primary N) is 1. The van der Waals surface area contributed by atoms with Crippen molar-refractivity contribution in [2.75, 3.05) is 12.3 Å². The molecule has 7 rings (SSSR count). The summed E-state index contributed by atoms with van der Waals surface area (Å²) >= 11 is 1.21. The first-order valence-corrected chi connectivity index (χ1v) is 14.6. The van der Waals surface area contributed by atoms with Gasteiger partial charge in [0.25, 0.3) is 11.1 Å². The molecule has 0 amide bonds. The number of hydrogen-bond donors (Lipinski definition) is 7. The number of fused-ring (bicyclic) bond motifs is 3. The van der Waals surface area contributed by atoms with Crippen molar-refractivity contribution in [3.63, 3.8) is 0 Å². The molecule has 21 heteroatoms. The molecule has 41 heavy (non-hydrogen) atoms. The minimum absolute atomic E-state index is 0.00439. The van der Waals surface area contributed by atoms with Crippen LogP contribution in [-0.4, -0.2) is 101 Å². The SMILES string of the molecule is Nc1nc2c(ncn2[C@@H]2S[C@H](CO)C[C@H]2OP(=O)(O)OC2[C@H]3O[C@@H](n4cnc5c(=O)[nH]cnc54)[C@H](O)[C@@]23O)c(=O)[nH]1. The molecule has 2 unspecified atom stereocenters. The Hall–Kier alpha value is -3.20. The number of aromatic nitrogens is 8. The Morgan fingerprint density at radius 3 is 2.61 bits per heavy atom. The van der Waals surface area contributed by atoms with Crippen molar-refractivity contribution >= 4 is 47.9 Å². The summed E-state index contributed by atoms with van der Waals surface area (Å²) in [5.41, 5.74) is 2.74. The second-order valence-electron chi connectivity index (χ2n) is 9.82. The molecule has 0 radical (unpaired) electrons. The highest BCUT2D eigenvalue weighted by Crippen LogP contribution is 2.62. The molecule has 2 aliphatic heterocycles. The minimum Gasteiger partial charge on any atom is -0.395 e. The molecule has 0 aromatic carbocycles. The maximum Gasteiger partial charge on any atom is 0.473 e. The number of aliphatic hydroxyl groups excluding tert-OH is 2. The van der Waals surface area contributed by atoms with Gasteiger partial charge in [0.05, 0.1) is 25.6 Å². The van der Waals surface area contributed by atoms with Gasteiger partial charge in [0.2, 0.25) is 5.95 Å². The number of nitrogens with zero attached hydrogens (tertiary/aromatic N) is 6. The predicted molar refractivity (Wildman–Crippen MR) is 137 cm³/mol. The van der Waals surface area contributed by atoms with Gasteiger partial charge in [-0.3, -0.25) is 32.8 Å². The maximum absolute atomic E-state index is 13.1. The van der Waals surface area contributed by atoms with Crippen molar-refractivity contribution in [1.82, 2.24) is 39.0 Å². The minimum atomic E-state index is -4.91. The topological polar surface area (TPSA) is 279 Å². The molecular formula is C20H22N9O10PS. The van der Waals surface area contributed by atoms with Gasteiger partial charge < -0.3 is 35.7 Å². The number of nitrogens with one attached hydrogen (secondary N) is 2. The summed E-state index contributed by atoms with van der Waals surface area (Å²) in [6.45, 7) is -0.268. The van der Waals surface area contributed by atoms with Crippen molar-refractivity contribution in [1.29, 1.82) is 0 Å². The molecule has 3 fully saturated rings. The van der Waals surface area contributed by atoms with E-state index in [2.05, 4.69) is 29.9 Å². The van der Waals surface area contributed by atoms with Crippen LogP contribution in [0.3, 0.4) is 0 Å². The highest BCUT2D eigenvalue weighted by atomic mass is 32.2. The fourth-order valence-corrected chi connectivity index (χ4v) is 8.00. The lowest BCUT2D eigenvalue weighted by molar-refractivity contribution is -0.0945. The summed E-state index contributed by atoms with van der Waals surface area (Å²) in [7, 11) is -4.91. The number of ether oxygens (including phenoxy) is 1. The third-order valence-corrected chi connectivity index (χ3v) is 9.90. The number of thioether (sulfide) groups is 1. The van der Waals surface area contributed by atoms with E-state index in [9.17, 15) is 34.4 Å². The average molecular weight is 611 g/mol. The molecule has 4 aromatic heterocycles. The number of aliphatic hydroxyl groups is 3. The van der Waals surface area contributed by atoms with Crippen LogP contribution in [-0.2, 0) is 18.3 Å². The first-order valence-electron chi connectivity index (χ1n) is 12.2. The largest absolute Gasteiger partial charge is 0.473 e. The van der Waals surface area contributed by atoms with Gasteiger partial charge in [0.15, 0.2) is 34.2 Å². The molecule has 1 saturated carbocycles. The summed E-state index contributed by atoms with van der Waals surface area (Å²) in [6.07, 6.45) is -2.71. The Balaban J connectivity index is 1.09. The van der Waals surface area contributed by atoms with Crippen LogP contribution in [0.25, 0.3) is 22.3 Å². The van der Waals surface area contributed by atoms with Gasteiger partial charge in [-0.15, -0.1) is 11.8 Å². The second kappa shape index (κ2) is 9.15. The van der Waals surface area contributed by atoms with Gasteiger partial charge >= 0.3 is 7.82 Å². The van der Waals surface area contributed by atoms with Gasteiger partial charge in [-0.05, 0) is 6.42 Å². The van der Waals surface area contributed by atoms with Gasteiger partial charge in [0, 0.05) is 5.25 Å². The molecule has 3 aliphatic rings. The molecule has 0 bridgehead atoms. The summed E-state index contributed by atoms with van der Waals surface area (Å²) in [5.74, 6) is -0.156. The van der Waals surface area contributed by atoms with Crippen molar-refractivity contribution in [3.8, 4) is 0 Å². The standard InChI is InChI=1S/C20H22N9O10PS/c21-19-26-14-9(16(33)27-19)25-5-29(14)18-7(1-6(2-30)41-18)38-40(35,36)39-12-11-20(12,34)10(31)17(37-11)28-4-24-8-13(28)22-3-23-15(8)32/h3-7,10-12,17-18,30-31,34H,1-2H2,(H,35,36)(H,22,23,32)(H3,21,26,27,33)/t6-,7+,10-,11+,12?,17+,18+,20-/m0/s1. The normalized spacial score (nSPS) is 34.3. The molecule has 9 atom stereocenters. The first-order chi connectivity index (χ1) is 19.5. The predicted octanol–water partition coefficient (Wildman–Crippen LogP) is -2.29. The fourth-order valence-electron chi connectivity index (χ4n) is 5.35. The lowest BCUT2D eigenvalue weighted by Crippen LogP contribution is -2.37. The third kappa shape index (κ3) is 4.06. The maximum atomic E-state index is 13.1. The number of hydrogen-bond acceptors (Lipinski definition) is 15. The van der Waals surface area contributed by atoms with E-state index in [1.54, 1.807) is 0 Å². The molecule has 6 heterocycles. The molecule has 8 N–H and O–H groups in total. The van der Waals surface area contributed by atoms with E-state index in [1.165, 1.54) is 33.6 Å². The number of phosphoric acid groups is 1. The van der Waals surface area contributed by atoms with Crippen LogP contribution in [0.1, 0.15) is 18.0 Å². The number of H-pyrrole nitrogens is 2. The zero-order valence-corrected chi connectivity index (χ0v) is 22.3. The molecule has 218 valence electrons. The molecule has 2 saturated heterocycles. The van der Waals surface area contributed by atoms with Crippen molar-refractivity contribution in [3.05, 3.63) is 39.7 Å². The zero-order valence-electron chi connectivity index (χ0n) is 20.5. The summed E-state index contributed by atoms with van der Waals surface area (Å²) in [5, 5.41) is 30.5. The van der Waals surface area contributed by atoms with E-state index >= 15 is 0 Å². The Morgan fingerprint density at radius 1 is 1.17 bits per heavy atom. The van der Waals surface area contributed by atoms with Crippen molar-refractivity contribution < 1.29 is 38.6 Å². The third-order valence-electron chi connectivity index (χ3n) is 7.34. The monoisotopic (exact) mass is 611 g/mol. The van der Waals surface area contributed by atoms with Crippen LogP contribution < -0.4 is 16.9 Å². The zero-order chi connectivity index (χ0) is 28.8. The smallest absolute Gasteiger partial charge is 0.395 e. The van der Waals surface area contributed by atoms with E-state index in [1.807, 2.05) is 0 Å². The molecular weight excluding hydrogens is 589 g/mol. The number of phosphoric ester groups is 1. The van der Waals surface area contributed by atoms with Crippen molar-refractivity contribution in [2.24, 2.45) is 0 Å². The number of imidazole rings is 2. The first kappa shape index (κ1) is 26.7. The lowest BCUT2D eigenvalue weighted by Gasteiger charge is -2.26. The number of aromatic amines is 2. The highest BCUT2D eigenvalue weighted by molar-refractivity contribution is 8.00. The second-order valence-corrected chi connectivity index (χ2v) is 12.6. The van der Waals surface area contributed by atoms with Crippen LogP contribution in [0.4, 0.5) is 5.95 Å². The van der Waals surface area contributed by atoms with Gasteiger partial charge in [0.1, 0.15) is 29.8 Å². The van der Waals surface area contributed by atoms with E-state index in [0.717, 1.165) is 6.33 Å². The van der Waals surface area contributed by atoms with E-state index < -0.39 is 65.8 Å². The summed E-state index contributed by atoms with van der Waals surface area (Å²) in [6, 6.07) is 0. The number of anilines is 1. The molecule has 19 nitrogen and oxygen atoms in total. The van der Waals surface area contributed by atoms with Crippen LogP contribution in [0, 0.1) is 0 Å². The fraction of sp³-hybridized carbons (Fsp3) is 0.500. The highest BCUT2D eigenvalue weighted by Gasteiger charge is 2.79. The molecule has 0 spiro atoms. The van der Waals surface area contributed by atoms with Gasteiger partial charge in [-0.25, -0.2) is 19.5 Å². The Labute approximate surface area is 230 Å².